The van der Waals surface area contributed by atoms with E-state index in [1.807, 2.05) is 26.1 Å². The van der Waals surface area contributed by atoms with E-state index in [9.17, 15) is 8.42 Å². The lowest BCUT2D eigenvalue weighted by atomic mass is 10.0. The van der Waals surface area contributed by atoms with E-state index in [2.05, 4.69) is 10.3 Å². The smallest absolute Gasteiger partial charge is 0.216 e. The summed E-state index contributed by atoms with van der Waals surface area (Å²) in [5.41, 5.74) is 2.96. The summed E-state index contributed by atoms with van der Waals surface area (Å²) in [5.74, 6) is 0.190. The summed E-state index contributed by atoms with van der Waals surface area (Å²) in [4.78, 5) is 4.56. The molecule has 2 heterocycles. The fourth-order valence-corrected chi connectivity index (χ4v) is 3.89. The molecule has 1 aliphatic rings. The van der Waals surface area contributed by atoms with Crippen molar-refractivity contribution in [2.75, 3.05) is 25.5 Å². The second kappa shape index (κ2) is 5.69. The number of hydrogen-bond acceptors (Lipinski definition) is 4. The van der Waals surface area contributed by atoms with Crippen molar-refractivity contribution in [2.45, 2.75) is 38.4 Å². The summed E-state index contributed by atoms with van der Waals surface area (Å²) in [5, 5.41) is 2.76. The molecule has 0 aliphatic carbocycles. The first-order valence-electron chi connectivity index (χ1n) is 7.00. The molecule has 0 spiro atoms. The molecule has 5 nitrogen and oxygen atoms in total. The highest BCUT2D eigenvalue weighted by Gasteiger charge is 2.34. The highest BCUT2D eigenvalue weighted by atomic mass is 32.2. The quantitative estimate of drug-likeness (QED) is 0.923. The Balaban J connectivity index is 2.20. The molecule has 0 aromatic carbocycles. The number of aromatic nitrogens is 1. The van der Waals surface area contributed by atoms with Crippen LogP contribution in [-0.2, 0) is 10.0 Å². The van der Waals surface area contributed by atoms with E-state index >= 15 is 0 Å². The van der Waals surface area contributed by atoms with Gasteiger partial charge in [-0.3, -0.25) is 4.98 Å². The predicted molar refractivity (Wildman–Crippen MR) is 81.5 cm³/mol. The average Bonchev–Trinajstić information content (AvgIpc) is 2.87. The number of aryl methyl sites for hydroxylation is 1. The summed E-state index contributed by atoms with van der Waals surface area (Å²) < 4.78 is 26.0. The van der Waals surface area contributed by atoms with E-state index < -0.39 is 10.0 Å². The van der Waals surface area contributed by atoms with E-state index in [4.69, 9.17) is 0 Å². The molecule has 0 radical (unpaired) electrons. The second-order valence-corrected chi connectivity index (χ2v) is 8.10. The Morgan fingerprint density at radius 2 is 2.10 bits per heavy atom. The van der Waals surface area contributed by atoms with Gasteiger partial charge >= 0.3 is 0 Å². The summed E-state index contributed by atoms with van der Waals surface area (Å²) >= 11 is 0. The van der Waals surface area contributed by atoms with Crippen molar-refractivity contribution >= 4 is 15.7 Å². The van der Waals surface area contributed by atoms with Gasteiger partial charge in [-0.05, 0) is 39.3 Å². The van der Waals surface area contributed by atoms with Crippen LogP contribution < -0.4 is 5.32 Å². The van der Waals surface area contributed by atoms with E-state index in [0.29, 0.717) is 13.1 Å². The van der Waals surface area contributed by atoms with Crippen molar-refractivity contribution in [3.8, 4) is 0 Å². The van der Waals surface area contributed by atoms with E-state index in [1.54, 1.807) is 18.2 Å². The SMILES string of the molecule is CNc1cc(C)nc(C2CCN(S(=O)(=O)C(C)C)C2)c1. The van der Waals surface area contributed by atoms with Gasteiger partial charge in [-0.25, -0.2) is 12.7 Å². The van der Waals surface area contributed by atoms with Crippen molar-refractivity contribution in [3.05, 3.63) is 23.5 Å². The van der Waals surface area contributed by atoms with Gasteiger partial charge in [0.1, 0.15) is 0 Å². The van der Waals surface area contributed by atoms with Crippen molar-refractivity contribution in [2.24, 2.45) is 0 Å². The average molecular weight is 297 g/mol. The first-order valence-corrected chi connectivity index (χ1v) is 8.50. The first kappa shape index (κ1) is 15.3. The van der Waals surface area contributed by atoms with E-state index in [0.717, 1.165) is 23.5 Å². The Morgan fingerprint density at radius 3 is 2.70 bits per heavy atom. The summed E-state index contributed by atoms with van der Waals surface area (Å²) in [7, 11) is -1.28. The molecule has 1 aromatic heterocycles. The third kappa shape index (κ3) is 2.96. The van der Waals surface area contributed by atoms with Gasteiger partial charge in [0.25, 0.3) is 0 Å². The Bertz CT molecular complexity index is 584. The molecule has 1 aromatic rings. The monoisotopic (exact) mass is 297 g/mol. The lowest BCUT2D eigenvalue weighted by molar-refractivity contribution is 0.465. The minimum Gasteiger partial charge on any atom is -0.388 e. The first-order chi connectivity index (χ1) is 9.34. The van der Waals surface area contributed by atoms with Gasteiger partial charge in [0.05, 0.1) is 5.25 Å². The summed E-state index contributed by atoms with van der Waals surface area (Å²) in [6.45, 7) is 6.55. The van der Waals surface area contributed by atoms with Gasteiger partial charge in [0, 0.05) is 43.1 Å². The Hall–Kier alpha value is -1.14. The maximum absolute atomic E-state index is 12.2. The molecule has 112 valence electrons. The molecule has 0 bridgehead atoms. The fourth-order valence-electron chi connectivity index (χ4n) is 2.55. The van der Waals surface area contributed by atoms with E-state index in [-0.39, 0.29) is 11.2 Å². The van der Waals surface area contributed by atoms with Crippen LogP contribution in [0.5, 0.6) is 0 Å². The number of sulfonamides is 1. The second-order valence-electron chi connectivity index (χ2n) is 5.61. The zero-order chi connectivity index (χ0) is 14.9. The number of nitrogens with zero attached hydrogens (tertiary/aromatic N) is 2. The molecule has 0 saturated carbocycles. The van der Waals surface area contributed by atoms with Crippen molar-refractivity contribution < 1.29 is 8.42 Å². The Labute approximate surface area is 121 Å². The molecule has 1 saturated heterocycles. The van der Waals surface area contributed by atoms with E-state index in [1.165, 1.54) is 0 Å². The normalized spacial score (nSPS) is 20.6. The molecule has 2 rings (SSSR count). The fraction of sp³-hybridized carbons (Fsp3) is 0.643. The van der Waals surface area contributed by atoms with Crippen LogP contribution in [-0.4, -0.2) is 43.1 Å². The van der Waals surface area contributed by atoms with Crippen LogP contribution in [0.3, 0.4) is 0 Å². The van der Waals surface area contributed by atoms with Gasteiger partial charge < -0.3 is 5.32 Å². The van der Waals surface area contributed by atoms with Crippen LogP contribution in [0.4, 0.5) is 5.69 Å². The van der Waals surface area contributed by atoms with Crippen molar-refractivity contribution in [1.29, 1.82) is 0 Å². The molecule has 1 N–H and O–H groups in total. The molecule has 0 amide bonds. The van der Waals surface area contributed by atoms with Crippen LogP contribution in [0, 0.1) is 6.92 Å². The Morgan fingerprint density at radius 1 is 1.40 bits per heavy atom. The van der Waals surface area contributed by atoms with Gasteiger partial charge in [-0.15, -0.1) is 0 Å². The molecular weight excluding hydrogens is 274 g/mol. The summed E-state index contributed by atoms with van der Waals surface area (Å²) in [6, 6.07) is 4.00. The van der Waals surface area contributed by atoms with Crippen LogP contribution >= 0.6 is 0 Å². The van der Waals surface area contributed by atoms with Crippen molar-refractivity contribution in [3.63, 3.8) is 0 Å². The summed E-state index contributed by atoms with van der Waals surface area (Å²) in [6.07, 6.45) is 0.839. The molecule has 1 unspecified atom stereocenters. The number of anilines is 1. The number of pyridine rings is 1. The van der Waals surface area contributed by atoms with Gasteiger partial charge in [0.15, 0.2) is 0 Å². The molecule has 6 heteroatoms. The molecule has 1 atom stereocenters. The van der Waals surface area contributed by atoms with Gasteiger partial charge in [-0.1, -0.05) is 0 Å². The Kier molecular flexibility index (Phi) is 4.34. The predicted octanol–water partition coefficient (Wildman–Crippen LogP) is 1.96. The molecular formula is C14H23N3O2S. The van der Waals surface area contributed by atoms with Crippen LogP contribution in [0.25, 0.3) is 0 Å². The van der Waals surface area contributed by atoms with Crippen LogP contribution in [0.15, 0.2) is 12.1 Å². The standard InChI is InChI=1S/C14H23N3O2S/c1-10(2)20(18,19)17-6-5-12(9-17)14-8-13(15-4)7-11(3)16-14/h7-8,10,12H,5-6,9H2,1-4H3,(H,15,16). The number of nitrogens with one attached hydrogen (secondary N) is 1. The van der Waals surface area contributed by atoms with Crippen LogP contribution in [0.2, 0.25) is 0 Å². The van der Waals surface area contributed by atoms with Crippen molar-refractivity contribution in [1.82, 2.24) is 9.29 Å². The minimum atomic E-state index is -3.15. The van der Waals surface area contributed by atoms with Gasteiger partial charge in [0.2, 0.25) is 10.0 Å². The van der Waals surface area contributed by atoms with Gasteiger partial charge in [-0.2, -0.15) is 0 Å². The molecule has 1 fully saturated rings. The molecule has 20 heavy (non-hydrogen) atoms. The third-order valence-electron chi connectivity index (χ3n) is 3.79. The minimum absolute atomic E-state index is 0.190. The highest BCUT2D eigenvalue weighted by molar-refractivity contribution is 7.89. The zero-order valence-corrected chi connectivity index (χ0v) is 13.4. The van der Waals surface area contributed by atoms with Crippen LogP contribution in [0.1, 0.15) is 37.6 Å². The molecule has 1 aliphatic heterocycles. The lowest BCUT2D eigenvalue weighted by Gasteiger charge is -2.19. The maximum atomic E-state index is 12.2. The largest absolute Gasteiger partial charge is 0.388 e. The lowest BCUT2D eigenvalue weighted by Crippen LogP contribution is -2.34. The zero-order valence-electron chi connectivity index (χ0n) is 12.5. The topological polar surface area (TPSA) is 62.3 Å². The highest BCUT2D eigenvalue weighted by Crippen LogP contribution is 2.30. The third-order valence-corrected chi connectivity index (χ3v) is 6.03. The number of hydrogen-bond donors (Lipinski definition) is 1. The number of rotatable bonds is 4. The maximum Gasteiger partial charge on any atom is 0.216 e.